The standard InChI is InChI=1S/C21H16ClF2IN6O/c22-14-4-2-1-3-13(14)18-10-19(31-20(30-18)17(25)11-28-31)26-7-8-27-21(32)29-12-5-6-15(23)16(24)9-12/h1-6,9-11,26H,7-8H2,(H2,27,29,32). The Morgan fingerprint density at radius 3 is 2.69 bits per heavy atom. The number of anilines is 2. The molecule has 2 aromatic carbocycles. The number of fused-ring (bicyclic) bond motifs is 1. The van der Waals surface area contributed by atoms with Crippen molar-refractivity contribution in [3.63, 3.8) is 0 Å². The van der Waals surface area contributed by atoms with Gasteiger partial charge in [0.15, 0.2) is 17.3 Å². The molecular formula is C21H16ClF2IN6O. The van der Waals surface area contributed by atoms with Crippen LogP contribution in [0, 0.1) is 15.2 Å². The monoisotopic (exact) mass is 568 g/mol. The second kappa shape index (κ2) is 9.65. The van der Waals surface area contributed by atoms with Gasteiger partial charge in [-0.1, -0.05) is 29.8 Å². The first-order valence-corrected chi connectivity index (χ1v) is 10.9. The van der Waals surface area contributed by atoms with Gasteiger partial charge in [-0.15, -0.1) is 0 Å². The summed E-state index contributed by atoms with van der Waals surface area (Å²) in [6.45, 7) is 0.641. The Hall–Kier alpha value is -2.99. The minimum atomic E-state index is -1.03. The summed E-state index contributed by atoms with van der Waals surface area (Å²) in [4.78, 5) is 16.7. The van der Waals surface area contributed by atoms with Gasteiger partial charge < -0.3 is 16.0 Å². The molecule has 2 amide bonds. The number of halogens is 4. The number of nitrogens with zero attached hydrogens (tertiary/aromatic N) is 3. The zero-order valence-corrected chi connectivity index (χ0v) is 19.3. The van der Waals surface area contributed by atoms with Crippen molar-refractivity contribution in [3.05, 3.63) is 75.0 Å². The van der Waals surface area contributed by atoms with E-state index in [1.54, 1.807) is 16.8 Å². The quantitative estimate of drug-likeness (QED) is 0.222. The molecule has 0 aliphatic heterocycles. The maximum Gasteiger partial charge on any atom is 0.319 e. The number of hydrogen-bond donors (Lipinski definition) is 3. The van der Waals surface area contributed by atoms with Crippen LogP contribution in [0.1, 0.15) is 0 Å². The Morgan fingerprint density at radius 1 is 1.09 bits per heavy atom. The topological polar surface area (TPSA) is 83.3 Å². The highest BCUT2D eigenvalue weighted by atomic mass is 127. The normalized spacial score (nSPS) is 10.9. The Labute approximate surface area is 200 Å². The summed E-state index contributed by atoms with van der Waals surface area (Å²) in [6, 6.07) is 11.9. The van der Waals surface area contributed by atoms with Gasteiger partial charge in [0.25, 0.3) is 0 Å². The summed E-state index contributed by atoms with van der Waals surface area (Å²) in [5, 5.41) is 13.3. The number of aromatic nitrogens is 3. The molecule has 0 spiro atoms. The Kier molecular flexibility index (Phi) is 6.70. The van der Waals surface area contributed by atoms with Crippen molar-refractivity contribution < 1.29 is 13.6 Å². The fraction of sp³-hybridized carbons (Fsp3) is 0.0952. The minimum absolute atomic E-state index is 0.153. The highest BCUT2D eigenvalue weighted by molar-refractivity contribution is 14.1. The zero-order valence-electron chi connectivity index (χ0n) is 16.4. The highest BCUT2D eigenvalue weighted by Crippen LogP contribution is 2.29. The summed E-state index contributed by atoms with van der Waals surface area (Å²) in [5.41, 5.74) is 2.31. The molecule has 0 fully saturated rings. The summed E-state index contributed by atoms with van der Waals surface area (Å²) in [7, 11) is 0. The van der Waals surface area contributed by atoms with Gasteiger partial charge in [-0.25, -0.2) is 18.6 Å². The van der Waals surface area contributed by atoms with Gasteiger partial charge in [0, 0.05) is 41.5 Å². The van der Waals surface area contributed by atoms with Crippen molar-refractivity contribution >= 4 is 57.4 Å². The maximum atomic E-state index is 13.3. The van der Waals surface area contributed by atoms with E-state index in [1.165, 1.54) is 6.07 Å². The molecule has 0 aliphatic carbocycles. The molecule has 3 N–H and O–H groups in total. The van der Waals surface area contributed by atoms with Gasteiger partial charge in [-0.3, -0.25) is 0 Å². The van der Waals surface area contributed by atoms with Crippen LogP contribution in [0.25, 0.3) is 16.9 Å². The van der Waals surface area contributed by atoms with Crippen molar-refractivity contribution in [1.29, 1.82) is 0 Å². The van der Waals surface area contributed by atoms with E-state index in [0.717, 1.165) is 21.3 Å². The number of hydrogen-bond acceptors (Lipinski definition) is 4. The molecule has 0 atom stereocenters. The molecule has 0 radical (unpaired) electrons. The average molecular weight is 569 g/mol. The van der Waals surface area contributed by atoms with Crippen LogP contribution in [0.5, 0.6) is 0 Å². The lowest BCUT2D eigenvalue weighted by atomic mass is 10.1. The molecule has 0 bridgehead atoms. The van der Waals surface area contributed by atoms with Gasteiger partial charge in [0.2, 0.25) is 0 Å². The molecule has 11 heteroatoms. The number of rotatable bonds is 6. The lowest BCUT2D eigenvalue weighted by Gasteiger charge is -2.12. The summed E-state index contributed by atoms with van der Waals surface area (Å²) in [5.74, 6) is -1.33. The van der Waals surface area contributed by atoms with E-state index in [4.69, 9.17) is 11.6 Å². The van der Waals surface area contributed by atoms with Gasteiger partial charge >= 0.3 is 6.03 Å². The second-order valence-corrected chi connectivity index (χ2v) is 8.24. The molecule has 2 heterocycles. The van der Waals surface area contributed by atoms with Crippen molar-refractivity contribution in [3.8, 4) is 11.3 Å². The Balaban J connectivity index is 1.43. The average Bonchev–Trinajstić information content (AvgIpc) is 3.15. The third-order valence-corrected chi connectivity index (χ3v) is 5.56. The number of urea groups is 1. The predicted molar refractivity (Wildman–Crippen MR) is 128 cm³/mol. The molecule has 2 aromatic heterocycles. The number of nitrogens with one attached hydrogen (secondary N) is 3. The maximum absolute atomic E-state index is 13.3. The Bertz CT molecular complexity index is 1300. The molecule has 4 rings (SSSR count). The summed E-state index contributed by atoms with van der Waals surface area (Å²) < 4.78 is 28.8. The first-order chi connectivity index (χ1) is 15.4. The second-order valence-electron chi connectivity index (χ2n) is 6.67. The van der Waals surface area contributed by atoms with E-state index >= 15 is 0 Å². The van der Waals surface area contributed by atoms with Gasteiger partial charge in [-0.2, -0.15) is 9.61 Å². The van der Waals surface area contributed by atoms with Gasteiger partial charge in [0.05, 0.1) is 15.5 Å². The van der Waals surface area contributed by atoms with E-state index < -0.39 is 17.7 Å². The third-order valence-electron chi connectivity index (χ3n) is 4.47. The molecular weight excluding hydrogens is 553 g/mol. The van der Waals surface area contributed by atoms with E-state index in [9.17, 15) is 13.6 Å². The lowest BCUT2D eigenvalue weighted by molar-refractivity contribution is 0.252. The zero-order chi connectivity index (χ0) is 22.7. The molecule has 0 saturated carbocycles. The fourth-order valence-electron chi connectivity index (χ4n) is 2.98. The molecule has 32 heavy (non-hydrogen) atoms. The van der Waals surface area contributed by atoms with Crippen LogP contribution in [-0.2, 0) is 0 Å². The predicted octanol–water partition coefficient (Wildman–Crippen LogP) is 5.17. The van der Waals surface area contributed by atoms with Crippen LogP contribution < -0.4 is 16.0 Å². The highest BCUT2D eigenvalue weighted by Gasteiger charge is 2.13. The van der Waals surface area contributed by atoms with Crippen LogP contribution in [-0.4, -0.2) is 33.7 Å². The molecule has 7 nitrogen and oxygen atoms in total. The fourth-order valence-corrected chi connectivity index (χ4v) is 3.69. The van der Waals surface area contributed by atoms with Crippen molar-refractivity contribution in [1.82, 2.24) is 19.9 Å². The van der Waals surface area contributed by atoms with Crippen LogP contribution in [0.4, 0.5) is 25.1 Å². The van der Waals surface area contributed by atoms with Crippen LogP contribution >= 0.6 is 34.2 Å². The first kappa shape index (κ1) is 22.2. The van der Waals surface area contributed by atoms with Crippen molar-refractivity contribution in [2.45, 2.75) is 0 Å². The van der Waals surface area contributed by atoms with Gasteiger partial charge in [0.1, 0.15) is 5.82 Å². The van der Waals surface area contributed by atoms with Crippen LogP contribution in [0.15, 0.2) is 54.7 Å². The van der Waals surface area contributed by atoms with E-state index in [0.29, 0.717) is 28.7 Å². The van der Waals surface area contributed by atoms with E-state index in [1.807, 2.05) is 24.3 Å². The SMILES string of the molecule is O=C(NCCNc1cc(-c2ccccc2Cl)nc2c(I)cnn12)Nc1ccc(F)c(F)c1. The molecule has 0 saturated heterocycles. The number of benzene rings is 2. The van der Waals surface area contributed by atoms with Crippen molar-refractivity contribution in [2.75, 3.05) is 23.7 Å². The van der Waals surface area contributed by atoms with Gasteiger partial charge in [-0.05, 0) is 40.8 Å². The largest absolute Gasteiger partial charge is 0.368 e. The van der Waals surface area contributed by atoms with Crippen LogP contribution in [0.2, 0.25) is 5.02 Å². The molecule has 164 valence electrons. The Morgan fingerprint density at radius 2 is 1.91 bits per heavy atom. The van der Waals surface area contributed by atoms with Crippen LogP contribution in [0.3, 0.4) is 0 Å². The molecule has 0 unspecified atom stereocenters. The number of amides is 2. The van der Waals surface area contributed by atoms with E-state index in [-0.39, 0.29) is 12.2 Å². The summed E-state index contributed by atoms with van der Waals surface area (Å²) >= 11 is 8.50. The molecule has 0 aliphatic rings. The first-order valence-electron chi connectivity index (χ1n) is 9.45. The number of carbonyl (C=O) groups excluding carboxylic acids is 1. The lowest BCUT2D eigenvalue weighted by Crippen LogP contribution is -2.32. The van der Waals surface area contributed by atoms with E-state index in [2.05, 4.69) is 48.6 Å². The minimum Gasteiger partial charge on any atom is -0.368 e. The molecule has 4 aromatic rings. The summed E-state index contributed by atoms with van der Waals surface area (Å²) in [6.07, 6.45) is 1.71. The smallest absolute Gasteiger partial charge is 0.319 e. The number of carbonyl (C=O) groups is 1. The van der Waals surface area contributed by atoms with Crippen molar-refractivity contribution in [2.24, 2.45) is 0 Å². The third kappa shape index (κ3) is 4.91.